The molecule has 4 N–H and O–H groups in total. The summed E-state index contributed by atoms with van der Waals surface area (Å²) in [7, 11) is 3.37. The second kappa shape index (κ2) is 11.9. The summed E-state index contributed by atoms with van der Waals surface area (Å²) < 4.78 is 5.69. The molecule has 2 aliphatic heterocycles. The van der Waals surface area contributed by atoms with Crippen LogP contribution in [0.1, 0.15) is 81.5 Å². The topological polar surface area (TPSA) is 132 Å². The molecular formula is C32H45N7O4. The van der Waals surface area contributed by atoms with Crippen LogP contribution in [0.2, 0.25) is 0 Å². The summed E-state index contributed by atoms with van der Waals surface area (Å²) in [5.74, 6) is 1.58. The van der Waals surface area contributed by atoms with Gasteiger partial charge in [-0.25, -0.2) is 4.98 Å². The predicted octanol–water partition coefficient (Wildman–Crippen LogP) is 3.75. The van der Waals surface area contributed by atoms with Crippen LogP contribution >= 0.6 is 0 Å². The maximum Gasteiger partial charge on any atom is 0.251 e. The number of hydrogen-bond donors (Lipinski definition) is 4. The lowest BCUT2D eigenvalue weighted by Crippen LogP contribution is -2.60. The molecule has 1 spiro atoms. The van der Waals surface area contributed by atoms with E-state index < -0.39 is 5.54 Å². The van der Waals surface area contributed by atoms with E-state index >= 15 is 0 Å². The number of nitrogens with zero attached hydrogens (tertiary/aromatic N) is 4. The van der Waals surface area contributed by atoms with E-state index in [1.807, 2.05) is 6.07 Å². The van der Waals surface area contributed by atoms with Crippen molar-refractivity contribution < 1.29 is 19.4 Å². The van der Waals surface area contributed by atoms with E-state index in [1.165, 1.54) is 0 Å². The number of carbonyl (C=O) groups is 2. The molecular weight excluding hydrogens is 546 g/mol. The fraction of sp³-hybridized carbons (Fsp3) is 0.625. The van der Waals surface area contributed by atoms with E-state index in [9.17, 15) is 14.7 Å². The van der Waals surface area contributed by atoms with Gasteiger partial charge < -0.3 is 35.6 Å². The van der Waals surface area contributed by atoms with Crippen molar-refractivity contribution in [2.75, 3.05) is 49.0 Å². The van der Waals surface area contributed by atoms with E-state index in [1.54, 1.807) is 37.4 Å². The summed E-state index contributed by atoms with van der Waals surface area (Å²) in [5, 5.41) is 19.8. The number of aliphatic hydroxyl groups is 1. The summed E-state index contributed by atoms with van der Waals surface area (Å²) in [6, 6.07) is 5.35. The highest BCUT2D eigenvalue weighted by molar-refractivity contribution is 6.04. The first-order chi connectivity index (χ1) is 20.8. The maximum atomic E-state index is 13.5. The fourth-order valence-electron chi connectivity index (χ4n) is 7.56. The number of methoxy groups -OCH3 is 1. The van der Waals surface area contributed by atoms with Crippen molar-refractivity contribution in [2.45, 2.75) is 88.8 Å². The molecule has 3 heterocycles. The minimum absolute atomic E-state index is 0.0413. The minimum Gasteiger partial charge on any atom is -0.495 e. The van der Waals surface area contributed by atoms with Gasteiger partial charge in [0.15, 0.2) is 5.82 Å². The summed E-state index contributed by atoms with van der Waals surface area (Å²) in [6.45, 7) is 4.18. The van der Waals surface area contributed by atoms with Crippen molar-refractivity contribution in [1.82, 2.24) is 20.6 Å². The summed E-state index contributed by atoms with van der Waals surface area (Å²) in [5.41, 5.74) is 1.81. The van der Waals surface area contributed by atoms with Crippen LogP contribution in [0, 0.1) is 5.41 Å². The number of hydrogen-bond acceptors (Lipinski definition) is 9. The zero-order chi connectivity index (χ0) is 30.2. The normalized spacial score (nSPS) is 22.7. The first kappa shape index (κ1) is 29.6. The molecule has 2 amide bonds. The number of ether oxygens (including phenoxy) is 1. The molecule has 2 aliphatic carbocycles. The van der Waals surface area contributed by atoms with Gasteiger partial charge in [-0.3, -0.25) is 9.59 Å². The Hall–Kier alpha value is -3.44. The van der Waals surface area contributed by atoms with Gasteiger partial charge in [0.25, 0.3) is 5.91 Å². The Morgan fingerprint density at radius 1 is 1.19 bits per heavy atom. The molecule has 4 aliphatic rings. The van der Waals surface area contributed by atoms with Gasteiger partial charge in [0, 0.05) is 43.9 Å². The molecule has 1 aromatic carbocycles. The Balaban J connectivity index is 1.22. The smallest absolute Gasteiger partial charge is 0.251 e. The van der Waals surface area contributed by atoms with Gasteiger partial charge in [0.2, 0.25) is 11.9 Å². The molecule has 232 valence electrons. The highest BCUT2D eigenvalue weighted by Gasteiger charge is 2.46. The van der Waals surface area contributed by atoms with Gasteiger partial charge in [-0.2, -0.15) is 4.98 Å². The van der Waals surface area contributed by atoms with E-state index in [0.29, 0.717) is 46.9 Å². The molecule has 0 unspecified atom stereocenters. The third-order valence-electron chi connectivity index (χ3n) is 10.4. The number of aliphatic hydroxyl groups excluding tert-OH is 1. The monoisotopic (exact) mass is 591 g/mol. The summed E-state index contributed by atoms with van der Waals surface area (Å²) in [4.78, 5) is 40.0. The Kier molecular flexibility index (Phi) is 8.21. The number of likely N-dealkylation sites (N-methyl/N-ethyl adjacent to an activating group) is 1. The second-order valence-electron chi connectivity index (χ2n) is 12.9. The number of amides is 2. The van der Waals surface area contributed by atoms with Crippen LogP contribution in [0.4, 0.5) is 23.1 Å². The van der Waals surface area contributed by atoms with Gasteiger partial charge in [-0.15, -0.1) is 0 Å². The molecule has 0 bridgehead atoms. The van der Waals surface area contributed by atoms with Crippen LogP contribution < -0.4 is 30.5 Å². The molecule has 1 saturated heterocycles. The van der Waals surface area contributed by atoms with Crippen LogP contribution in [-0.2, 0) is 4.79 Å². The first-order valence-electron chi connectivity index (χ1n) is 15.8. The van der Waals surface area contributed by atoms with Gasteiger partial charge in [-0.05, 0) is 75.0 Å². The quantitative estimate of drug-likeness (QED) is 0.344. The standard InChI is InChI=1S/C32H45N7O4/c1-4-24-29(42)38(2)25-18-34-30(36-27(25)39(24)22-7-5-6-8-22)35-23-10-9-21(17-26(23)43-3)28(41)37-32(15-16-40)13-11-31(12-14-32)19-33-20-31/h9-10,17-18,22,24,33,40H,4-8,11-16,19-20H2,1-3H3,(H,37,41)(H,34,35,36)/t24-/m1/s1. The third kappa shape index (κ3) is 5.53. The molecule has 6 rings (SSSR count). The Labute approximate surface area is 253 Å². The highest BCUT2D eigenvalue weighted by Crippen LogP contribution is 2.45. The van der Waals surface area contributed by atoms with Crippen LogP contribution in [-0.4, -0.2) is 78.4 Å². The van der Waals surface area contributed by atoms with Crippen LogP contribution in [0.15, 0.2) is 24.4 Å². The zero-order valence-electron chi connectivity index (χ0n) is 25.6. The number of carbonyl (C=O) groups excluding carboxylic acids is 2. The number of rotatable bonds is 9. The second-order valence-corrected chi connectivity index (χ2v) is 12.9. The highest BCUT2D eigenvalue weighted by atomic mass is 16.5. The van der Waals surface area contributed by atoms with Gasteiger partial charge in [0.05, 0.1) is 19.0 Å². The molecule has 11 nitrogen and oxygen atoms in total. The average Bonchev–Trinajstić information content (AvgIpc) is 3.53. The maximum absolute atomic E-state index is 13.5. The van der Waals surface area contributed by atoms with E-state index in [-0.39, 0.29) is 30.5 Å². The van der Waals surface area contributed by atoms with E-state index in [2.05, 4.69) is 32.8 Å². The Morgan fingerprint density at radius 3 is 2.56 bits per heavy atom. The SMILES string of the molecule is CC[C@@H]1C(=O)N(C)c2cnc(Nc3ccc(C(=O)NC4(CCO)CCC5(CC4)CNC5)cc3OC)nc2N1C1CCCC1. The average molecular weight is 592 g/mol. The van der Waals surface area contributed by atoms with Crippen LogP contribution in [0.3, 0.4) is 0 Å². The molecule has 1 atom stereocenters. The van der Waals surface area contributed by atoms with Crippen molar-refractivity contribution in [3.8, 4) is 5.75 Å². The molecule has 3 fully saturated rings. The molecule has 2 aromatic rings. The molecule has 11 heteroatoms. The molecule has 2 saturated carbocycles. The van der Waals surface area contributed by atoms with Crippen LogP contribution in [0.25, 0.3) is 0 Å². The lowest BCUT2D eigenvalue weighted by Gasteiger charge is -2.51. The van der Waals surface area contributed by atoms with Gasteiger partial charge in [-0.1, -0.05) is 19.8 Å². The van der Waals surface area contributed by atoms with Crippen LogP contribution in [0.5, 0.6) is 5.75 Å². The lowest BCUT2D eigenvalue weighted by molar-refractivity contribution is -0.120. The van der Waals surface area contributed by atoms with Gasteiger partial charge >= 0.3 is 0 Å². The largest absolute Gasteiger partial charge is 0.495 e. The first-order valence-corrected chi connectivity index (χ1v) is 15.8. The van der Waals surface area contributed by atoms with Crippen molar-refractivity contribution in [1.29, 1.82) is 0 Å². The number of fused-ring (bicyclic) bond motifs is 1. The number of anilines is 4. The number of benzene rings is 1. The van der Waals surface area contributed by atoms with E-state index in [0.717, 1.165) is 70.3 Å². The Morgan fingerprint density at radius 2 is 1.93 bits per heavy atom. The molecule has 1 aromatic heterocycles. The van der Waals surface area contributed by atoms with Crippen molar-refractivity contribution in [2.24, 2.45) is 5.41 Å². The number of aromatic nitrogens is 2. The summed E-state index contributed by atoms with van der Waals surface area (Å²) in [6.07, 6.45) is 11.2. The zero-order valence-corrected chi connectivity index (χ0v) is 25.6. The van der Waals surface area contributed by atoms with Crippen molar-refractivity contribution in [3.63, 3.8) is 0 Å². The third-order valence-corrected chi connectivity index (χ3v) is 10.4. The van der Waals surface area contributed by atoms with Crippen molar-refractivity contribution in [3.05, 3.63) is 30.0 Å². The van der Waals surface area contributed by atoms with Crippen molar-refractivity contribution >= 4 is 35.0 Å². The lowest BCUT2D eigenvalue weighted by atomic mass is 9.63. The Bertz CT molecular complexity index is 1350. The predicted molar refractivity (Wildman–Crippen MR) is 166 cm³/mol. The molecule has 43 heavy (non-hydrogen) atoms. The fourth-order valence-corrected chi connectivity index (χ4v) is 7.56. The molecule has 0 radical (unpaired) electrons. The number of nitrogens with one attached hydrogen (secondary N) is 3. The minimum atomic E-state index is -0.399. The summed E-state index contributed by atoms with van der Waals surface area (Å²) >= 11 is 0. The van der Waals surface area contributed by atoms with E-state index in [4.69, 9.17) is 9.72 Å². The van der Waals surface area contributed by atoms with Gasteiger partial charge in [0.1, 0.15) is 17.5 Å².